The third-order valence-electron chi connectivity index (χ3n) is 1.33. The van der Waals surface area contributed by atoms with E-state index in [0.717, 1.165) is 11.6 Å². The van der Waals surface area contributed by atoms with E-state index in [2.05, 4.69) is 0 Å². The minimum absolute atomic E-state index is 0.627. The average Bonchev–Trinajstić information content (AvgIpc) is 2.01. The second-order valence-corrected chi connectivity index (χ2v) is 2.34. The van der Waals surface area contributed by atoms with Gasteiger partial charge >= 0.3 is 5.97 Å². The summed E-state index contributed by atoms with van der Waals surface area (Å²) in [6.45, 7) is 0. The number of nitrogen functional groups attached to an aromatic ring is 1. The molecule has 0 bridgehead atoms. The van der Waals surface area contributed by atoms with Crippen molar-refractivity contribution in [2.45, 2.75) is 0 Å². The van der Waals surface area contributed by atoms with Crippen molar-refractivity contribution in [1.82, 2.24) is 0 Å². The second kappa shape index (κ2) is 3.57. The fraction of sp³-hybridized carbons (Fsp3) is 0. The van der Waals surface area contributed by atoms with Crippen LogP contribution in [-0.4, -0.2) is 11.1 Å². The molecule has 0 aliphatic rings. The Morgan fingerprint density at radius 1 is 1.50 bits per heavy atom. The van der Waals surface area contributed by atoms with Crippen molar-refractivity contribution in [3.8, 4) is 0 Å². The quantitative estimate of drug-likeness (QED) is 0.511. The molecule has 0 aromatic heterocycles. The normalized spacial score (nSPS) is 10.3. The molecule has 0 atom stereocenters. The molecule has 3 heteroatoms. The largest absolute Gasteiger partial charge is 0.478 e. The van der Waals surface area contributed by atoms with Crippen LogP contribution in [0.25, 0.3) is 6.08 Å². The predicted octanol–water partition coefficient (Wildman–Crippen LogP) is 1.37. The van der Waals surface area contributed by atoms with Gasteiger partial charge in [0.15, 0.2) is 0 Å². The van der Waals surface area contributed by atoms with Gasteiger partial charge in [-0.05, 0) is 23.8 Å². The molecule has 1 aromatic carbocycles. The lowest BCUT2D eigenvalue weighted by Crippen LogP contribution is -1.87. The van der Waals surface area contributed by atoms with Crippen LogP contribution >= 0.6 is 0 Å². The first-order chi connectivity index (χ1) is 5.68. The molecule has 0 amide bonds. The molecule has 0 aliphatic carbocycles. The Kier molecular flexibility index (Phi) is 2.48. The standard InChI is InChI=1S/C9H9NO2/c10-8-3-1-2-7(6-8)4-5-9(11)12/h1-6H,10H2,(H,11,12). The Balaban J connectivity index is 2.83. The number of benzene rings is 1. The first-order valence-electron chi connectivity index (χ1n) is 3.45. The van der Waals surface area contributed by atoms with Gasteiger partial charge in [0.2, 0.25) is 0 Å². The van der Waals surface area contributed by atoms with Gasteiger partial charge in [-0.1, -0.05) is 12.1 Å². The van der Waals surface area contributed by atoms with Crippen LogP contribution in [0.4, 0.5) is 5.69 Å². The van der Waals surface area contributed by atoms with Crippen molar-refractivity contribution in [3.63, 3.8) is 0 Å². The molecular formula is C9H9NO2. The number of anilines is 1. The maximum atomic E-state index is 10.1. The summed E-state index contributed by atoms with van der Waals surface area (Å²) in [4.78, 5) is 10.1. The highest BCUT2D eigenvalue weighted by atomic mass is 16.4. The van der Waals surface area contributed by atoms with E-state index >= 15 is 0 Å². The number of hydrogen-bond donors (Lipinski definition) is 2. The third kappa shape index (κ3) is 2.46. The molecule has 0 saturated carbocycles. The van der Waals surface area contributed by atoms with Crippen LogP contribution in [0, 0.1) is 0 Å². The summed E-state index contributed by atoms with van der Waals surface area (Å²) in [5, 5.41) is 8.33. The molecule has 3 nitrogen and oxygen atoms in total. The fourth-order valence-corrected chi connectivity index (χ4v) is 0.830. The zero-order valence-corrected chi connectivity index (χ0v) is 6.40. The maximum absolute atomic E-state index is 10.1. The summed E-state index contributed by atoms with van der Waals surface area (Å²) in [6, 6.07) is 7.02. The molecular weight excluding hydrogens is 154 g/mol. The summed E-state index contributed by atoms with van der Waals surface area (Å²) in [7, 11) is 0. The highest BCUT2D eigenvalue weighted by Crippen LogP contribution is 2.07. The van der Waals surface area contributed by atoms with Crippen molar-refractivity contribution < 1.29 is 9.90 Å². The monoisotopic (exact) mass is 163 g/mol. The highest BCUT2D eigenvalue weighted by molar-refractivity contribution is 5.85. The van der Waals surface area contributed by atoms with Crippen LogP contribution in [0.5, 0.6) is 0 Å². The zero-order valence-electron chi connectivity index (χ0n) is 6.40. The van der Waals surface area contributed by atoms with Gasteiger partial charge in [-0.15, -0.1) is 0 Å². The van der Waals surface area contributed by atoms with Crippen LogP contribution in [0.1, 0.15) is 5.56 Å². The van der Waals surface area contributed by atoms with E-state index in [1.165, 1.54) is 6.08 Å². The molecule has 0 fully saturated rings. The third-order valence-corrected chi connectivity index (χ3v) is 1.33. The van der Waals surface area contributed by atoms with Crippen LogP contribution in [-0.2, 0) is 4.79 Å². The van der Waals surface area contributed by atoms with E-state index in [1.54, 1.807) is 24.3 Å². The van der Waals surface area contributed by atoms with Gasteiger partial charge < -0.3 is 10.8 Å². The number of carboxylic acids is 1. The Morgan fingerprint density at radius 2 is 2.25 bits per heavy atom. The van der Waals surface area contributed by atoms with Crippen LogP contribution in [0.3, 0.4) is 0 Å². The average molecular weight is 163 g/mol. The molecule has 1 rings (SSSR count). The molecule has 12 heavy (non-hydrogen) atoms. The first kappa shape index (κ1) is 8.33. The summed E-state index contributed by atoms with van der Waals surface area (Å²) in [5.74, 6) is -0.961. The second-order valence-electron chi connectivity index (χ2n) is 2.34. The molecule has 0 unspecified atom stereocenters. The molecule has 1 aromatic rings. The molecule has 62 valence electrons. The molecule has 0 heterocycles. The Bertz CT molecular complexity index is 318. The van der Waals surface area contributed by atoms with Gasteiger partial charge in [0.25, 0.3) is 0 Å². The number of rotatable bonds is 2. The van der Waals surface area contributed by atoms with Crippen molar-refractivity contribution in [2.24, 2.45) is 0 Å². The molecule has 0 radical (unpaired) electrons. The Hall–Kier alpha value is -1.77. The minimum atomic E-state index is -0.961. The van der Waals surface area contributed by atoms with E-state index in [-0.39, 0.29) is 0 Å². The lowest BCUT2D eigenvalue weighted by Gasteiger charge is -1.93. The first-order valence-corrected chi connectivity index (χ1v) is 3.45. The van der Waals surface area contributed by atoms with E-state index < -0.39 is 5.97 Å². The number of carbonyl (C=O) groups is 1. The summed E-state index contributed by atoms with van der Waals surface area (Å²) in [6.07, 6.45) is 2.58. The van der Waals surface area contributed by atoms with E-state index in [4.69, 9.17) is 10.8 Å². The van der Waals surface area contributed by atoms with Gasteiger partial charge in [0.1, 0.15) is 0 Å². The Labute approximate surface area is 70.1 Å². The fourth-order valence-electron chi connectivity index (χ4n) is 0.830. The van der Waals surface area contributed by atoms with Gasteiger partial charge in [-0.2, -0.15) is 0 Å². The highest BCUT2D eigenvalue weighted by Gasteiger charge is 1.89. The molecule has 0 aliphatic heterocycles. The van der Waals surface area contributed by atoms with Crippen molar-refractivity contribution in [3.05, 3.63) is 35.9 Å². The predicted molar refractivity (Wildman–Crippen MR) is 47.5 cm³/mol. The topological polar surface area (TPSA) is 63.3 Å². The van der Waals surface area contributed by atoms with E-state index in [0.29, 0.717) is 5.69 Å². The minimum Gasteiger partial charge on any atom is -0.478 e. The van der Waals surface area contributed by atoms with Gasteiger partial charge in [-0.25, -0.2) is 4.79 Å². The van der Waals surface area contributed by atoms with Gasteiger partial charge in [0, 0.05) is 11.8 Å². The van der Waals surface area contributed by atoms with E-state index in [1.807, 2.05) is 0 Å². The van der Waals surface area contributed by atoms with Crippen molar-refractivity contribution >= 4 is 17.7 Å². The summed E-state index contributed by atoms with van der Waals surface area (Å²) < 4.78 is 0. The van der Waals surface area contributed by atoms with Crippen molar-refractivity contribution in [2.75, 3.05) is 5.73 Å². The van der Waals surface area contributed by atoms with Crippen LogP contribution < -0.4 is 5.73 Å². The smallest absolute Gasteiger partial charge is 0.328 e. The Morgan fingerprint density at radius 3 is 2.83 bits per heavy atom. The number of nitrogens with two attached hydrogens (primary N) is 1. The molecule has 0 saturated heterocycles. The maximum Gasteiger partial charge on any atom is 0.328 e. The van der Waals surface area contributed by atoms with Crippen LogP contribution in [0.2, 0.25) is 0 Å². The number of hydrogen-bond acceptors (Lipinski definition) is 2. The van der Waals surface area contributed by atoms with Crippen molar-refractivity contribution in [1.29, 1.82) is 0 Å². The van der Waals surface area contributed by atoms with E-state index in [9.17, 15) is 4.79 Å². The molecule has 3 N–H and O–H groups in total. The van der Waals surface area contributed by atoms with Gasteiger partial charge in [0.05, 0.1) is 0 Å². The number of aliphatic carboxylic acids is 1. The lowest BCUT2D eigenvalue weighted by molar-refractivity contribution is -0.131. The lowest BCUT2D eigenvalue weighted by atomic mass is 10.2. The summed E-state index contributed by atoms with van der Waals surface area (Å²) >= 11 is 0. The summed E-state index contributed by atoms with van der Waals surface area (Å²) in [5.41, 5.74) is 6.90. The zero-order chi connectivity index (χ0) is 8.97. The van der Waals surface area contributed by atoms with Gasteiger partial charge in [-0.3, -0.25) is 0 Å². The van der Waals surface area contributed by atoms with Crippen LogP contribution in [0.15, 0.2) is 30.3 Å². The molecule has 0 spiro atoms. The SMILES string of the molecule is Nc1cccc(C=CC(=O)O)c1. The number of carboxylic acid groups (broad SMARTS) is 1.